The molecule has 3 fully saturated rings. The molecule has 7 N–H and O–H groups in total. The summed E-state index contributed by atoms with van der Waals surface area (Å²) in [5.74, 6) is -14.1. The number of nitrogens with one attached hydrogen (secondary N) is 2. The number of alkyl halides is 15. The van der Waals surface area contributed by atoms with Gasteiger partial charge in [-0.1, -0.05) is 36.4 Å². The fourth-order valence-electron chi connectivity index (χ4n) is 7.16. The SMILES string of the molecule is C[C@H]1CN(Cc2cccc(-c3cc(CNC(=O)c4cccc(CN5CCN(C6CCN(C)CC6)CC5)c4)ccc3F)c2)CCN1.O=C(O)C(F)(F)F.O=C(O)C(F)(F)F.O=C(O)C(F)(F)F.O=C(O)C(F)(F)F.O=C(O)C(F)(F)F. The first kappa shape index (κ1) is 71.2. The molecule has 3 aromatic rings. The summed E-state index contributed by atoms with van der Waals surface area (Å²) in [5.41, 5.74) is 5.30. The van der Waals surface area contributed by atoms with Gasteiger partial charge in [-0.3, -0.25) is 19.5 Å². The maximum atomic E-state index is 15.0. The number of nitrogens with zero attached hydrogens (tertiary/aromatic N) is 4. The minimum Gasteiger partial charge on any atom is -0.475 e. The molecule has 3 aliphatic rings. The third-order valence-electron chi connectivity index (χ3n) is 11.0. The van der Waals surface area contributed by atoms with Crippen molar-refractivity contribution in [3.63, 3.8) is 0 Å². The van der Waals surface area contributed by atoms with Crippen molar-refractivity contribution in [3.05, 3.63) is 94.8 Å². The Balaban J connectivity index is 0.000000736. The molecule has 6 rings (SSSR count). The van der Waals surface area contributed by atoms with E-state index in [4.69, 9.17) is 49.5 Å². The maximum absolute atomic E-state index is 15.0. The zero-order chi connectivity index (χ0) is 61.6. The number of piperazine rings is 2. The van der Waals surface area contributed by atoms with Gasteiger partial charge in [0.2, 0.25) is 0 Å². The smallest absolute Gasteiger partial charge is 0.475 e. The molecule has 0 bridgehead atoms. The summed E-state index contributed by atoms with van der Waals surface area (Å²) < 4.78 is 174. The van der Waals surface area contributed by atoms with Gasteiger partial charge in [-0.15, -0.1) is 0 Å². The van der Waals surface area contributed by atoms with Crippen molar-refractivity contribution in [2.45, 2.75) is 82.4 Å². The maximum Gasteiger partial charge on any atom is 0.490 e. The van der Waals surface area contributed by atoms with Crippen molar-refractivity contribution >= 4 is 35.8 Å². The van der Waals surface area contributed by atoms with Gasteiger partial charge in [-0.25, -0.2) is 28.4 Å². The van der Waals surface area contributed by atoms with Gasteiger partial charge < -0.3 is 41.1 Å². The Kier molecular flexibility index (Phi) is 28.3. The predicted molar refractivity (Wildman–Crippen MR) is 248 cm³/mol. The van der Waals surface area contributed by atoms with Gasteiger partial charge in [0.05, 0.1) is 0 Å². The normalized spacial score (nSPS) is 16.9. The van der Waals surface area contributed by atoms with Crippen LogP contribution in [0.3, 0.4) is 0 Å². The molecule has 17 nitrogen and oxygen atoms in total. The lowest BCUT2D eigenvalue weighted by Gasteiger charge is -2.42. The summed E-state index contributed by atoms with van der Waals surface area (Å²) in [7, 11) is 2.22. The minimum atomic E-state index is -5.08. The van der Waals surface area contributed by atoms with Gasteiger partial charge >= 0.3 is 60.7 Å². The molecular formula is C47H54F16N6O11. The van der Waals surface area contributed by atoms with E-state index in [-0.39, 0.29) is 11.7 Å². The van der Waals surface area contributed by atoms with Crippen LogP contribution in [-0.4, -0.2) is 190 Å². The molecule has 1 amide bonds. The van der Waals surface area contributed by atoms with E-state index < -0.39 is 60.7 Å². The van der Waals surface area contributed by atoms with Gasteiger partial charge in [-0.05, 0) is 92.5 Å². The Bertz CT molecular complexity index is 2340. The molecule has 450 valence electrons. The van der Waals surface area contributed by atoms with Crippen molar-refractivity contribution < 1.29 is 125 Å². The molecule has 0 spiro atoms. The number of benzene rings is 3. The van der Waals surface area contributed by atoms with Crippen LogP contribution in [0.25, 0.3) is 11.1 Å². The van der Waals surface area contributed by atoms with Crippen LogP contribution >= 0.6 is 0 Å². The Hall–Kier alpha value is -6.84. The van der Waals surface area contributed by atoms with Crippen molar-refractivity contribution in [3.8, 4) is 11.1 Å². The lowest BCUT2D eigenvalue weighted by Crippen LogP contribution is -2.52. The molecular weight excluding hydrogens is 1130 g/mol. The second kappa shape index (κ2) is 31.8. The second-order valence-corrected chi connectivity index (χ2v) is 17.3. The van der Waals surface area contributed by atoms with Crippen molar-refractivity contribution in [2.75, 3.05) is 66.0 Å². The molecule has 0 saturated carbocycles. The number of halogens is 16. The fraction of sp³-hybridized carbons (Fsp3) is 0.489. The summed E-state index contributed by atoms with van der Waals surface area (Å²) in [6.45, 7) is 14.0. The first-order valence-electron chi connectivity index (χ1n) is 23.0. The highest BCUT2D eigenvalue weighted by molar-refractivity contribution is 5.94. The van der Waals surface area contributed by atoms with Gasteiger partial charge in [0, 0.05) is 88.7 Å². The van der Waals surface area contributed by atoms with E-state index in [1.54, 1.807) is 6.07 Å². The molecule has 80 heavy (non-hydrogen) atoms. The highest BCUT2D eigenvalue weighted by Gasteiger charge is 2.41. The summed E-state index contributed by atoms with van der Waals surface area (Å²) >= 11 is 0. The molecule has 1 atom stereocenters. The quantitative estimate of drug-likeness (QED) is 0.102. The number of carbonyl (C=O) groups excluding carboxylic acids is 1. The number of piperidine rings is 1. The van der Waals surface area contributed by atoms with Crippen LogP contribution in [-0.2, 0) is 43.6 Å². The molecule has 33 heteroatoms. The lowest BCUT2D eigenvalue weighted by atomic mass is 10.00. The summed E-state index contributed by atoms with van der Waals surface area (Å²) in [4.78, 5) is 67.7. The van der Waals surface area contributed by atoms with Gasteiger partial charge in [0.1, 0.15) is 5.82 Å². The van der Waals surface area contributed by atoms with Crippen LogP contribution in [0, 0.1) is 5.82 Å². The van der Waals surface area contributed by atoms with E-state index in [1.807, 2.05) is 36.4 Å². The molecule has 3 aromatic carbocycles. The van der Waals surface area contributed by atoms with E-state index in [9.17, 15) is 70.7 Å². The monoisotopic (exact) mass is 1180 g/mol. The fourth-order valence-corrected chi connectivity index (χ4v) is 7.16. The van der Waals surface area contributed by atoms with Crippen LogP contribution in [0.2, 0.25) is 0 Å². The summed E-state index contributed by atoms with van der Waals surface area (Å²) in [5, 5.41) is 42.2. The number of hydrogen-bond donors (Lipinski definition) is 7. The Labute approximate surface area is 444 Å². The molecule has 0 aliphatic carbocycles. The first-order chi connectivity index (χ1) is 36.6. The number of likely N-dealkylation sites (tertiary alicyclic amines) is 1. The predicted octanol–water partition coefficient (Wildman–Crippen LogP) is 7.59. The summed E-state index contributed by atoms with van der Waals surface area (Å²) in [6, 6.07) is 22.5. The number of amides is 1. The molecule has 3 aliphatic heterocycles. The average molecular weight is 1180 g/mol. The second-order valence-electron chi connectivity index (χ2n) is 17.3. The van der Waals surface area contributed by atoms with E-state index in [2.05, 4.69) is 62.4 Å². The molecule has 3 heterocycles. The number of rotatable bonds is 9. The molecule has 0 unspecified atom stereocenters. The third-order valence-corrected chi connectivity index (χ3v) is 11.0. The van der Waals surface area contributed by atoms with Crippen LogP contribution < -0.4 is 10.6 Å². The van der Waals surface area contributed by atoms with E-state index in [1.165, 1.54) is 37.6 Å². The minimum absolute atomic E-state index is 0.109. The van der Waals surface area contributed by atoms with E-state index >= 15 is 4.39 Å². The highest BCUT2D eigenvalue weighted by atomic mass is 19.4. The molecule has 3 saturated heterocycles. The van der Waals surface area contributed by atoms with Crippen molar-refractivity contribution in [1.29, 1.82) is 0 Å². The highest BCUT2D eigenvalue weighted by Crippen LogP contribution is 2.27. The zero-order valence-corrected chi connectivity index (χ0v) is 41.9. The number of hydrogen-bond acceptors (Lipinski definition) is 11. The summed E-state index contributed by atoms with van der Waals surface area (Å²) in [6.07, 6.45) is -22.9. The van der Waals surface area contributed by atoms with E-state index in [0.29, 0.717) is 23.7 Å². The van der Waals surface area contributed by atoms with Crippen LogP contribution in [0.4, 0.5) is 70.2 Å². The van der Waals surface area contributed by atoms with Crippen LogP contribution in [0.5, 0.6) is 0 Å². The number of carboxylic acid groups (broad SMARTS) is 5. The zero-order valence-electron chi connectivity index (χ0n) is 41.9. The number of carboxylic acids is 5. The Morgan fingerprint density at radius 2 is 0.975 bits per heavy atom. The number of aliphatic carboxylic acids is 5. The Morgan fingerprint density at radius 3 is 1.41 bits per heavy atom. The standard InChI is InChI=1S/C37H49FN6O.5C2HF3O2/c1-28-25-43(16-13-39-28)27-30-5-3-7-32(21-30)35-23-29(9-10-36(35)38)24-40-37(45)33-8-4-6-31(22-33)26-42-17-19-44(20-18-42)34-11-14-41(2)15-12-34;5*3-2(4,5)1(6)7/h3-10,21-23,28,34,39H,11-20,24-27H2,1-2H3,(H,40,45);5*(H,6,7)/t28-;;;;;/m0...../s1. The van der Waals surface area contributed by atoms with Crippen LogP contribution in [0.1, 0.15) is 46.8 Å². The van der Waals surface area contributed by atoms with Gasteiger partial charge in [0.25, 0.3) is 5.91 Å². The van der Waals surface area contributed by atoms with Crippen LogP contribution in [0.15, 0.2) is 66.7 Å². The largest absolute Gasteiger partial charge is 0.490 e. The van der Waals surface area contributed by atoms with Crippen molar-refractivity contribution in [1.82, 2.24) is 30.2 Å². The van der Waals surface area contributed by atoms with E-state index in [0.717, 1.165) is 81.6 Å². The number of carbonyl (C=O) groups is 6. The average Bonchev–Trinajstić information content (AvgIpc) is 3.34. The Morgan fingerprint density at radius 1 is 0.550 bits per heavy atom. The molecule has 0 radical (unpaired) electrons. The van der Waals surface area contributed by atoms with Gasteiger partial charge in [0.15, 0.2) is 0 Å². The lowest BCUT2D eigenvalue weighted by molar-refractivity contribution is -0.193. The molecule has 0 aromatic heterocycles. The first-order valence-corrected chi connectivity index (χ1v) is 23.0. The van der Waals surface area contributed by atoms with Crippen molar-refractivity contribution in [2.24, 2.45) is 0 Å². The third kappa shape index (κ3) is 28.3. The van der Waals surface area contributed by atoms with Gasteiger partial charge in [-0.2, -0.15) is 65.9 Å². The topological polar surface area (TPSA) is 241 Å².